The maximum atomic E-state index is 13.0. The molecule has 0 aromatic carbocycles. The molecule has 1 saturated heterocycles. The van der Waals surface area contributed by atoms with Gasteiger partial charge in [-0.05, 0) is 31.4 Å². The van der Waals surface area contributed by atoms with Gasteiger partial charge in [0.05, 0.1) is 32.1 Å². The number of amides is 1. The second-order valence-corrected chi connectivity index (χ2v) is 6.81. The Morgan fingerprint density at radius 1 is 1.33 bits per heavy atom. The minimum absolute atomic E-state index is 0.0617. The van der Waals surface area contributed by atoms with Gasteiger partial charge >= 0.3 is 0 Å². The van der Waals surface area contributed by atoms with Gasteiger partial charge in [-0.15, -0.1) is 0 Å². The molecule has 0 spiro atoms. The molecule has 24 heavy (non-hydrogen) atoms. The van der Waals surface area contributed by atoms with Gasteiger partial charge in [-0.25, -0.2) is 0 Å². The molecule has 1 aliphatic carbocycles. The topological polar surface area (TPSA) is 66.2 Å². The molecule has 1 N–H and O–H groups in total. The zero-order valence-corrected chi connectivity index (χ0v) is 14.2. The highest BCUT2D eigenvalue weighted by molar-refractivity contribution is 5.79. The predicted molar refractivity (Wildman–Crippen MR) is 89.3 cm³/mol. The monoisotopic (exact) mass is 336 g/mol. The summed E-state index contributed by atoms with van der Waals surface area (Å²) in [4.78, 5) is 17.2. The summed E-state index contributed by atoms with van der Waals surface area (Å²) in [7, 11) is 0. The maximum absolute atomic E-state index is 13.0. The van der Waals surface area contributed by atoms with Gasteiger partial charge in [-0.1, -0.05) is 6.42 Å². The van der Waals surface area contributed by atoms with Gasteiger partial charge in [-0.2, -0.15) is 0 Å². The SMILES string of the molecule is O=C([C@H]1CCC[C@@H](O)C1)N(CCN1CCOCC1)Cc1ccco1. The summed E-state index contributed by atoms with van der Waals surface area (Å²) in [6.07, 6.45) is 4.51. The van der Waals surface area contributed by atoms with Crippen LogP contribution in [0.15, 0.2) is 22.8 Å². The van der Waals surface area contributed by atoms with Gasteiger partial charge in [0.2, 0.25) is 5.91 Å². The Morgan fingerprint density at radius 2 is 2.17 bits per heavy atom. The van der Waals surface area contributed by atoms with Crippen LogP contribution < -0.4 is 0 Å². The van der Waals surface area contributed by atoms with Crippen LogP contribution in [0.3, 0.4) is 0 Å². The third-order valence-corrected chi connectivity index (χ3v) is 5.02. The number of carbonyl (C=O) groups excluding carboxylic acids is 1. The van der Waals surface area contributed by atoms with Crippen molar-refractivity contribution in [3.05, 3.63) is 24.2 Å². The minimum atomic E-state index is -0.336. The molecule has 134 valence electrons. The Hall–Kier alpha value is -1.37. The van der Waals surface area contributed by atoms with Crippen LogP contribution >= 0.6 is 0 Å². The Morgan fingerprint density at radius 3 is 2.88 bits per heavy atom. The molecule has 6 nitrogen and oxygen atoms in total. The van der Waals surface area contributed by atoms with Crippen molar-refractivity contribution in [2.75, 3.05) is 39.4 Å². The first kappa shape index (κ1) is 17.5. The molecule has 2 heterocycles. The average Bonchev–Trinajstić information content (AvgIpc) is 3.12. The number of rotatable bonds is 6. The molecule has 0 radical (unpaired) electrons. The van der Waals surface area contributed by atoms with E-state index in [1.807, 2.05) is 17.0 Å². The Bertz CT molecular complexity index is 499. The number of hydrogen-bond acceptors (Lipinski definition) is 5. The minimum Gasteiger partial charge on any atom is -0.467 e. The summed E-state index contributed by atoms with van der Waals surface area (Å²) in [6, 6.07) is 3.76. The lowest BCUT2D eigenvalue weighted by atomic mass is 9.86. The van der Waals surface area contributed by atoms with E-state index in [1.54, 1.807) is 6.26 Å². The van der Waals surface area contributed by atoms with Gasteiger partial charge < -0.3 is 19.2 Å². The number of hydrogen-bond donors (Lipinski definition) is 1. The van der Waals surface area contributed by atoms with Crippen LogP contribution in [0.4, 0.5) is 0 Å². The van der Waals surface area contributed by atoms with Gasteiger partial charge in [0, 0.05) is 32.1 Å². The molecule has 0 unspecified atom stereocenters. The fourth-order valence-corrected chi connectivity index (χ4v) is 3.59. The van der Waals surface area contributed by atoms with E-state index in [0.717, 1.165) is 57.9 Å². The number of aliphatic hydroxyl groups excluding tert-OH is 1. The lowest BCUT2D eigenvalue weighted by Gasteiger charge is -2.33. The maximum Gasteiger partial charge on any atom is 0.226 e. The van der Waals surface area contributed by atoms with Crippen molar-refractivity contribution < 1.29 is 19.1 Å². The molecular formula is C18H28N2O4. The third-order valence-electron chi connectivity index (χ3n) is 5.02. The Balaban J connectivity index is 1.60. The molecular weight excluding hydrogens is 308 g/mol. The van der Waals surface area contributed by atoms with Crippen LogP contribution in [0, 0.1) is 5.92 Å². The summed E-state index contributed by atoms with van der Waals surface area (Å²) in [5, 5.41) is 9.89. The molecule has 2 aliphatic rings. The highest BCUT2D eigenvalue weighted by atomic mass is 16.5. The van der Waals surface area contributed by atoms with Gasteiger partial charge in [-0.3, -0.25) is 9.69 Å². The average molecular weight is 336 g/mol. The highest BCUT2D eigenvalue weighted by Crippen LogP contribution is 2.26. The molecule has 1 aliphatic heterocycles. The Labute approximate surface area is 143 Å². The van der Waals surface area contributed by atoms with E-state index >= 15 is 0 Å². The van der Waals surface area contributed by atoms with E-state index in [-0.39, 0.29) is 17.9 Å². The van der Waals surface area contributed by atoms with Gasteiger partial charge in [0.1, 0.15) is 5.76 Å². The summed E-state index contributed by atoms with van der Waals surface area (Å²) < 4.78 is 10.8. The summed E-state index contributed by atoms with van der Waals surface area (Å²) >= 11 is 0. The molecule has 1 aromatic heterocycles. The molecule has 2 atom stereocenters. The summed E-state index contributed by atoms with van der Waals surface area (Å²) in [6.45, 7) is 5.41. The van der Waals surface area contributed by atoms with Crippen LogP contribution in [-0.2, 0) is 16.1 Å². The van der Waals surface area contributed by atoms with E-state index in [2.05, 4.69) is 4.90 Å². The van der Waals surface area contributed by atoms with Crippen molar-refractivity contribution in [2.45, 2.75) is 38.3 Å². The van der Waals surface area contributed by atoms with E-state index in [9.17, 15) is 9.90 Å². The molecule has 1 aromatic rings. The van der Waals surface area contributed by atoms with Crippen LogP contribution in [-0.4, -0.2) is 66.3 Å². The van der Waals surface area contributed by atoms with Gasteiger partial charge in [0.25, 0.3) is 0 Å². The number of morpholine rings is 1. The molecule has 6 heteroatoms. The number of nitrogens with zero attached hydrogens (tertiary/aromatic N) is 2. The molecule has 1 amide bonds. The number of furan rings is 1. The van der Waals surface area contributed by atoms with Crippen molar-refractivity contribution >= 4 is 5.91 Å². The normalized spacial score (nSPS) is 25.5. The first-order chi connectivity index (χ1) is 11.7. The Kier molecular flexibility index (Phi) is 6.29. The molecule has 2 fully saturated rings. The fourth-order valence-electron chi connectivity index (χ4n) is 3.59. The van der Waals surface area contributed by atoms with Crippen LogP contribution in [0.5, 0.6) is 0 Å². The van der Waals surface area contributed by atoms with Crippen molar-refractivity contribution in [1.29, 1.82) is 0 Å². The predicted octanol–water partition coefficient (Wildman–Crippen LogP) is 1.49. The zero-order valence-electron chi connectivity index (χ0n) is 14.2. The van der Waals surface area contributed by atoms with E-state index in [4.69, 9.17) is 9.15 Å². The van der Waals surface area contributed by atoms with E-state index < -0.39 is 0 Å². The van der Waals surface area contributed by atoms with Crippen molar-refractivity contribution in [3.63, 3.8) is 0 Å². The standard InChI is InChI=1S/C18H28N2O4/c21-16-4-1-3-15(13-16)18(22)20(14-17-5-2-10-24-17)7-6-19-8-11-23-12-9-19/h2,5,10,15-16,21H,1,3-4,6-9,11-14H2/t15-,16+/m0/s1. The number of carbonyl (C=O) groups is 1. The van der Waals surface area contributed by atoms with E-state index in [0.29, 0.717) is 19.5 Å². The van der Waals surface area contributed by atoms with Crippen LogP contribution in [0.1, 0.15) is 31.4 Å². The highest BCUT2D eigenvalue weighted by Gasteiger charge is 2.30. The first-order valence-electron chi connectivity index (χ1n) is 9.01. The summed E-state index contributed by atoms with van der Waals surface area (Å²) in [5.74, 6) is 0.897. The van der Waals surface area contributed by atoms with Crippen LogP contribution in [0.2, 0.25) is 0 Å². The quantitative estimate of drug-likeness (QED) is 0.853. The summed E-state index contributed by atoms with van der Waals surface area (Å²) in [5.41, 5.74) is 0. The second kappa shape index (κ2) is 8.65. The first-order valence-corrected chi connectivity index (χ1v) is 9.01. The molecule has 0 bridgehead atoms. The lowest BCUT2D eigenvalue weighted by Crippen LogP contribution is -2.45. The third kappa shape index (κ3) is 4.82. The molecule has 3 rings (SSSR count). The second-order valence-electron chi connectivity index (χ2n) is 6.81. The largest absolute Gasteiger partial charge is 0.467 e. The fraction of sp³-hybridized carbons (Fsp3) is 0.722. The molecule has 1 saturated carbocycles. The van der Waals surface area contributed by atoms with Gasteiger partial charge in [0.15, 0.2) is 0 Å². The smallest absolute Gasteiger partial charge is 0.226 e. The zero-order chi connectivity index (χ0) is 16.8. The van der Waals surface area contributed by atoms with Crippen LogP contribution in [0.25, 0.3) is 0 Å². The number of ether oxygens (including phenoxy) is 1. The van der Waals surface area contributed by atoms with Crippen molar-refractivity contribution in [2.24, 2.45) is 5.92 Å². The van der Waals surface area contributed by atoms with Crippen molar-refractivity contribution in [1.82, 2.24) is 9.80 Å². The van der Waals surface area contributed by atoms with E-state index in [1.165, 1.54) is 0 Å². The lowest BCUT2D eigenvalue weighted by molar-refractivity contribution is -0.139. The van der Waals surface area contributed by atoms with Crippen molar-refractivity contribution in [3.8, 4) is 0 Å². The number of aliphatic hydroxyl groups is 1.